The van der Waals surface area contributed by atoms with Crippen molar-refractivity contribution in [2.24, 2.45) is 0 Å². The Balaban J connectivity index is 1.77. The fraction of sp³-hybridized carbons (Fsp3) is 0.400. The molecule has 2 atom stereocenters. The monoisotopic (exact) mass is 505 g/mol. The minimum Gasteiger partial charge on any atom is -0.456 e. The highest BCUT2D eigenvalue weighted by molar-refractivity contribution is 6.07. The Kier molecular flexibility index (Phi) is 5.65. The lowest BCUT2D eigenvalue weighted by Crippen LogP contribution is -2.67. The minimum absolute atomic E-state index is 0.0344. The van der Waals surface area contributed by atoms with Crippen molar-refractivity contribution >= 4 is 21.9 Å². The van der Waals surface area contributed by atoms with Gasteiger partial charge >= 0.3 is 0 Å². The van der Waals surface area contributed by atoms with Crippen molar-refractivity contribution in [1.82, 2.24) is 4.57 Å². The number of hydrogen-bond donors (Lipinski definition) is 0. The molecule has 3 heterocycles. The van der Waals surface area contributed by atoms with Crippen molar-refractivity contribution in [1.29, 1.82) is 0 Å². The minimum atomic E-state index is -0.0455. The third kappa shape index (κ3) is 3.11. The largest absolute Gasteiger partial charge is 0.456 e. The van der Waals surface area contributed by atoms with Crippen LogP contribution in [0.15, 0.2) is 71.4 Å². The fourth-order valence-corrected chi connectivity index (χ4v) is 7.22. The molecule has 196 valence electrons. The average molecular weight is 506 g/mol. The van der Waals surface area contributed by atoms with Crippen molar-refractivity contribution in [3.8, 4) is 17.1 Å². The summed E-state index contributed by atoms with van der Waals surface area (Å²) in [6.07, 6.45) is 6.79. The molecule has 0 amide bonds. The van der Waals surface area contributed by atoms with Gasteiger partial charge in [-0.05, 0) is 55.4 Å². The van der Waals surface area contributed by atoms with Gasteiger partial charge in [0.2, 0.25) is 0 Å². The number of benzene rings is 3. The molecular weight excluding hydrogens is 464 g/mol. The van der Waals surface area contributed by atoms with Crippen LogP contribution in [0.25, 0.3) is 39.0 Å². The molecule has 5 aromatic rings. The Morgan fingerprint density at radius 2 is 1.58 bits per heavy atom. The number of hydrogen-bond acceptors (Lipinski definition) is 1. The average Bonchev–Trinajstić information content (AvgIpc) is 3.52. The van der Waals surface area contributed by atoms with E-state index in [0.29, 0.717) is 11.8 Å². The van der Waals surface area contributed by atoms with Crippen LogP contribution in [0.2, 0.25) is 0 Å². The Bertz CT molecular complexity index is 1680. The van der Waals surface area contributed by atoms with Gasteiger partial charge in [0.15, 0.2) is 0 Å². The maximum absolute atomic E-state index is 6.62. The van der Waals surface area contributed by atoms with E-state index in [2.05, 4.69) is 132 Å². The molecular formula is C35H41N2O+. The van der Waals surface area contributed by atoms with Crippen molar-refractivity contribution in [2.75, 3.05) is 0 Å². The molecule has 2 aromatic heterocycles. The summed E-state index contributed by atoms with van der Waals surface area (Å²) < 4.78 is 11.7. The molecule has 0 aliphatic carbocycles. The van der Waals surface area contributed by atoms with Crippen LogP contribution in [0.4, 0.5) is 0 Å². The number of imidazole rings is 1. The molecule has 1 aliphatic rings. The molecule has 0 bridgehead atoms. The summed E-state index contributed by atoms with van der Waals surface area (Å²) in [4.78, 5) is 0. The topological polar surface area (TPSA) is 21.9 Å². The summed E-state index contributed by atoms with van der Waals surface area (Å²) >= 11 is 0. The van der Waals surface area contributed by atoms with E-state index in [-0.39, 0.29) is 11.0 Å². The predicted octanol–water partition coefficient (Wildman–Crippen LogP) is 9.38. The Morgan fingerprint density at radius 1 is 0.868 bits per heavy atom. The predicted molar refractivity (Wildman–Crippen MR) is 158 cm³/mol. The number of furan rings is 1. The van der Waals surface area contributed by atoms with Gasteiger partial charge in [-0.3, -0.25) is 0 Å². The highest BCUT2D eigenvalue weighted by atomic mass is 16.3. The first-order valence-corrected chi connectivity index (χ1v) is 14.4. The van der Waals surface area contributed by atoms with E-state index in [1.165, 1.54) is 44.5 Å². The molecule has 0 saturated carbocycles. The van der Waals surface area contributed by atoms with Gasteiger partial charge in [0.1, 0.15) is 34.8 Å². The van der Waals surface area contributed by atoms with E-state index in [4.69, 9.17) is 4.42 Å². The van der Waals surface area contributed by atoms with E-state index in [1.807, 2.05) is 0 Å². The van der Waals surface area contributed by atoms with E-state index in [0.717, 1.165) is 24.0 Å². The third-order valence-corrected chi connectivity index (χ3v) is 9.85. The molecule has 0 saturated heterocycles. The highest BCUT2D eigenvalue weighted by Crippen LogP contribution is 2.51. The second-order valence-electron chi connectivity index (χ2n) is 12.2. The summed E-state index contributed by atoms with van der Waals surface area (Å²) in [5.74, 6) is 1.93. The van der Waals surface area contributed by atoms with Gasteiger partial charge < -0.3 is 4.42 Å². The molecule has 3 heteroatoms. The van der Waals surface area contributed by atoms with Crippen LogP contribution in [0.5, 0.6) is 0 Å². The summed E-state index contributed by atoms with van der Waals surface area (Å²) in [7, 11) is 0. The summed E-state index contributed by atoms with van der Waals surface area (Å²) in [6, 6.07) is 20.0. The third-order valence-electron chi connectivity index (χ3n) is 9.85. The molecule has 3 aromatic carbocycles. The lowest BCUT2D eigenvalue weighted by atomic mass is 9.61. The van der Waals surface area contributed by atoms with Crippen molar-refractivity contribution < 1.29 is 8.98 Å². The molecule has 38 heavy (non-hydrogen) atoms. The molecule has 2 unspecified atom stereocenters. The van der Waals surface area contributed by atoms with Crippen molar-refractivity contribution in [3.63, 3.8) is 0 Å². The second-order valence-corrected chi connectivity index (χ2v) is 12.2. The zero-order valence-corrected chi connectivity index (χ0v) is 24.2. The van der Waals surface area contributed by atoms with Crippen molar-refractivity contribution in [2.45, 2.75) is 91.0 Å². The normalized spacial score (nSPS) is 21.0. The Morgan fingerprint density at radius 3 is 2.26 bits per heavy atom. The van der Waals surface area contributed by atoms with E-state index in [9.17, 15) is 0 Å². The number of rotatable bonds is 5. The zero-order valence-electron chi connectivity index (χ0n) is 24.2. The molecule has 0 N–H and O–H groups in total. The first-order chi connectivity index (χ1) is 18.2. The highest BCUT2D eigenvalue weighted by Gasteiger charge is 2.55. The van der Waals surface area contributed by atoms with Crippen LogP contribution < -0.4 is 4.57 Å². The number of nitrogens with zero attached hydrogens (tertiary/aromatic N) is 2. The van der Waals surface area contributed by atoms with Crippen LogP contribution in [-0.2, 0) is 11.0 Å². The van der Waals surface area contributed by atoms with E-state index in [1.54, 1.807) is 0 Å². The Labute approximate surface area is 227 Å². The van der Waals surface area contributed by atoms with E-state index < -0.39 is 0 Å². The van der Waals surface area contributed by atoms with Gasteiger partial charge in [-0.15, -0.1) is 0 Å². The SMILES string of the molecule is CCC1(C)c2ccccc2-c2n(-c3c(C(C)C)cc4c(oc5ccccc54)c3C(C)C)cc[n+]2C1(C)CC. The lowest BCUT2D eigenvalue weighted by molar-refractivity contribution is -0.764. The summed E-state index contributed by atoms with van der Waals surface area (Å²) in [5.41, 5.74) is 8.70. The first-order valence-electron chi connectivity index (χ1n) is 14.4. The molecule has 3 nitrogen and oxygen atoms in total. The quantitative estimate of drug-likeness (QED) is 0.218. The maximum atomic E-state index is 6.62. The standard InChI is InChI=1S/C35H41N2O/c1-9-34(7)28-17-13-11-16-25(28)33-36(19-20-37(33)35(34,8)10-2)31-26(22(3)4)21-27-24-15-12-14-18-29(24)38-32(27)30(31)23(5)6/h11-23H,9-10H2,1-8H3/q+1. The van der Waals surface area contributed by atoms with Gasteiger partial charge in [-0.25, -0.2) is 4.57 Å². The van der Waals surface area contributed by atoms with Gasteiger partial charge in [0, 0.05) is 27.3 Å². The summed E-state index contributed by atoms with van der Waals surface area (Å²) in [5, 5.41) is 2.42. The number of aromatic nitrogens is 2. The van der Waals surface area contributed by atoms with Crippen molar-refractivity contribution in [3.05, 3.63) is 83.7 Å². The molecule has 1 aliphatic heterocycles. The molecule has 6 rings (SSSR count). The van der Waals surface area contributed by atoms with Gasteiger partial charge in [-0.2, -0.15) is 4.57 Å². The van der Waals surface area contributed by atoms with Crippen LogP contribution in [-0.4, -0.2) is 4.57 Å². The zero-order chi connectivity index (χ0) is 27.0. The molecule has 0 fully saturated rings. The maximum Gasteiger partial charge on any atom is 0.294 e. The Hall–Kier alpha value is -3.33. The number of para-hydroxylation sites is 1. The van der Waals surface area contributed by atoms with Crippen LogP contribution in [0, 0.1) is 0 Å². The lowest BCUT2D eigenvalue weighted by Gasteiger charge is -2.47. The van der Waals surface area contributed by atoms with Crippen LogP contribution in [0.3, 0.4) is 0 Å². The van der Waals surface area contributed by atoms with E-state index >= 15 is 0 Å². The first kappa shape index (κ1) is 25.0. The molecule has 0 spiro atoms. The second kappa shape index (κ2) is 8.59. The number of fused-ring (bicyclic) bond motifs is 6. The smallest absolute Gasteiger partial charge is 0.294 e. The summed E-state index contributed by atoms with van der Waals surface area (Å²) in [6.45, 7) is 18.8. The molecule has 0 radical (unpaired) electrons. The van der Waals surface area contributed by atoms with Gasteiger partial charge in [-0.1, -0.05) is 84.9 Å². The fourth-order valence-electron chi connectivity index (χ4n) is 7.22. The van der Waals surface area contributed by atoms with Crippen LogP contribution >= 0.6 is 0 Å². The van der Waals surface area contributed by atoms with Gasteiger partial charge in [0.05, 0.1) is 5.56 Å². The van der Waals surface area contributed by atoms with Gasteiger partial charge in [0.25, 0.3) is 5.82 Å². The van der Waals surface area contributed by atoms with Crippen LogP contribution in [0.1, 0.15) is 96.8 Å².